The van der Waals surface area contributed by atoms with Crippen molar-refractivity contribution in [3.63, 3.8) is 0 Å². The maximum atomic E-state index is 12.6. The van der Waals surface area contributed by atoms with Crippen LogP contribution in [0.2, 0.25) is 0 Å². The number of rotatable bonds is 5. The first kappa shape index (κ1) is 17.8. The summed E-state index contributed by atoms with van der Waals surface area (Å²) in [5, 5.41) is 5.77. The third kappa shape index (κ3) is 3.88. The Morgan fingerprint density at radius 2 is 1.32 bits per heavy atom. The third-order valence-electron chi connectivity index (χ3n) is 4.67. The van der Waals surface area contributed by atoms with Gasteiger partial charge in [-0.05, 0) is 28.8 Å². The minimum absolute atomic E-state index is 0.310. The van der Waals surface area contributed by atoms with Gasteiger partial charge >= 0.3 is 0 Å². The van der Waals surface area contributed by atoms with Gasteiger partial charge in [-0.15, -0.1) is 0 Å². The molecule has 1 aliphatic heterocycles. The van der Waals surface area contributed by atoms with E-state index in [0.717, 1.165) is 11.1 Å². The normalized spacial score (nSPS) is 18.9. The number of carbonyl (C=O) groups is 2. The van der Waals surface area contributed by atoms with Crippen LogP contribution in [0.4, 0.5) is 0 Å². The van der Waals surface area contributed by atoms with Crippen LogP contribution in [0.1, 0.15) is 28.8 Å². The summed E-state index contributed by atoms with van der Waals surface area (Å²) in [6.45, 7) is 0.448. The molecule has 3 aromatic rings. The van der Waals surface area contributed by atoms with Crippen LogP contribution in [0.5, 0.6) is 5.75 Å². The van der Waals surface area contributed by atoms with E-state index in [9.17, 15) is 9.59 Å². The van der Waals surface area contributed by atoms with Crippen molar-refractivity contribution in [2.75, 3.05) is 0 Å². The molecule has 1 fully saturated rings. The standard InChI is InChI=1S/C23H20N2O3/c26-22-20(17-10-5-2-6-11-17)23(27)25-21(24-22)18-12-7-13-19(14-18)28-15-16-8-3-1-4-9-16/h1-14,20-21H,15H2,(H,24,26)(H,25,27). The van der Waals surface area contributed by atoms with Crippen LogP contribution in [0, 0.1) is 0 Å². The van der Waals surface area contributed by atoms with Crippen LogP contribution in [-0.2, 0) is 16.2 Å². The van der Waals surface area contributed by atoms with Gasteiger partial charge in [-0.1, -0.05) is 72.8 Å². The molecule has 0 atom stereocenters. The summed E-state index contributed by atoms with van der Waals surface area (Å²) in [6, 6.07) is 26.3. The van der Waals surface area contributed by atoms with Gasteiger partial charge in [0.15, 0.2) is 0 Å². The van der Waals surface area contributed by atoms with Crippen molar-refractivity contribution < 1.29 is 14.3 Å². The van der Waals surface area contributed by atoms with E-state index in [1.54, 1.807) is 12.1 Å². The van der Waals surface area contributed by atoms with Crippen molar-refractivity contribution in [1.82, 2.24) is 10.6 Å². The molecule has 0 saturated carbocycles. The van der Waals surface area contributed by atoms with E-state index >= 15 is 0 Å². The van der Waals surface area contributed by atoms with Crippen LogP contribution >= 0.6 is 0 Å². The molecule has 28 heavy (non-hydrogen) atoms. The largest absolute Gasteiger partial charge is 0.489 e. The monoisotopic (exact) mass is 372 g/mol. The van der Waals surface area contributed by atoms with Gasteiger partial charge in [0.25, 0.3) is 0 Å². The van der Waals surface area contributed by atoms with Gasteiger partial charge in [0.2, 0.25) is 11.8 Å². The molecule has 4 rings (SSSR count). The summed E-state index contributed by atoms with van der Waals surface area (Å²) in [7, 11) is 0. The first-order valence-corrected chi connectivity index (χ1v) is 9.13. The van der Waals surface area contributed by atoms with Gasteiger partial charge in [-0.2, -0.15) is 0 Å². The molecule has 5 heteroatoms. The second-order valence-corrected chi connectivity index (χ2v) is 6.64. The molecule has 2 amide bonds. The molecule has 0 radical (unpaired) electrons. The first-order chi connectivity index (χ1) is 13.7. The molecule has 0 unspecified atom stereocenters. The van der Waals surface area contributed by atoms with E-state index in [0.29, 0.717) is 17.9 Å². The predicted octanol–water partition coefficient (Wildman–Crippen LogP) is 3.29. The van der Waals surface area contributed by atoms with Gasteiger partial charge in [-0.3, -0.25) is 9.59 Å². The quantitative estimate of drug-likeness (QED) is 0.676. The van der Waals surface area contributed by atoms with Crippen molar-refractivity contribution >= 4 is 11.8 Å². The van der Waals surface area contributed by atoms with Crippen LogP contribution in [-0.4, -0.2) is 11.8 Å². The zero-order valence-electron chi connectivity index (χ0n) is 15.2. The lowest BCUT2D eigenvalue weighted by Gasteiger charge is -2.30. The van der Waals surface area contributed by atoms with Gasteiger partial charge in [0, 0.05) is 0 Å². The summed E-state index contributed by atoms with van der Waals surface area (Å²) < 4.78 is 5.84. The maximum Gasteiger partial charge on any atom is 0.238 e. The Labute approximate surface area is 163 Å². The van der Waals surface area contributed by atoms with Crippen LogP contribution < -0.4 is 15.4 Å². The molecule has 1 heterocycles. The Hall–Kier alpha value is -3.60. The van der Waals surface area contributed by atoms with Gasteiger partial charge < -0.3 is 15.4 Å². The lowest BCUT2D eigenvalue weighted by Crippen LogP contribution is -2.53. The predicted molar refractivity (Wildman–Crippen MR) is 105 cm³/mol. The molecular weight excluding hydrogens is 352 g/mol. The number of ether oxygens (including phenoxy) is 1. The van der Waals surface area contributed by atoms with E-state index in [1.807, 2.05) is 72.8 Å². The van der Waals surface area contributed by atoms with E-state index in [4.69, 9.17) is 4.74 Å². The second kappa shape index (κ2) is 7.96. The first-order valence-electron chi connectivity index (χ1n) is 9.13. The fraction of sp³-hybridized carbons (Fsp3) is 0.130. The van der Waals surface area contributed by atoms with Gasteiger partial charge in [0.1, 0.15) is 24.4 Å². The van der Waals surface area contributed by atoms with E-state index in [1.165, 1.54) is 0 Å². The third-order valence-corrected chi connectivity index (χ3v) is 4.67. The van der Waals surface area contributed by atoms with Crippen molar-refractivity contribution in [3.05, 3.63) is 102 Å². The summed E-state index contributed by atoms with van der Waals surface area (Å²) >= 11 is 0. The molecule has 2 N–H and O–H groups in total. The molecule has 0 aliphatic carbocycles. The fourth-order valence-corrected chi connectivity index (χ4v) is 3.25. The molecule has 1 aliphatic rings. The van der Waals surface area contributed by atoms with E-state index < -0.39 is 12.1 Å². The number of amides is 2. The summed E-state index contributed by atoms with van der Waals surface area (Å²) in [4.78, 5) is 25.2. The Morgan fingerprint density at radius 3 is 2.00 bits per heavy atom. The highest BCUT2D eigenvalue weighted by Crippen LogP contribution is 2.25. The smallest absolute Gasteiger partial charge is 0.238 e. The lowest BCUT2D eigenvalue weighted by molar-refractivity contribution is -0.136. The molecule has 0 bridgehead atoms. The Bertz CT molecular complexity index is 955. The van der Waals surface area contributed by atoms with Crippen LogP contribution in [0.3, 0.4) is 0 Å². The molecule has 0 spiro atoms. The van der Waals surface area contributed by atoms with Crippen LogP contribution in [0.15, 0.2) is 84.9 Å². The number of benzene rings is 3. The van der Waals surface area contributed by atoms with Crippen molar-refractivity contribution in [3.8, 4) is 5.75 Å². The average Bonchev–Trinajstić information content (AvgIpc) is 2.73. The molecule has 5 nitrogen and oxygen atoms in total. The number of carbonyl (C=O) groups excluding carboxylic acids is 2. The summed E-state index contributed by atoms with van der Waals surface area (Å²) in [5.41, 5.74) is 2.51. The van der Waals surface area contributed by atoms with Gasteiger partial charge in [-0.25, -0.2) is 0 Å². The van der Waals surface area contributed by atoms with E-state index in [2.05, 4.69) is 10.6 Å². The number of hydrogen-bond donors (Lipinski definition) is 2. The van der Waals surface area contributed by atoms with Crippen LogP contribution in [0.25, 0.3) is 0 Å². The highest BCUT2D eigenvalue weighted by Gasteiger charge is 2.36. The Balaban J connectivity index is 1.46. The zero-order chi connectivity index (χ0) is 19.3. The molecule has 3 aromatic carbocycles. The SMILES string of the molecule is O=C1NC(c2cccc(OCc3ccccc3)c2)NC(=O)C1c1ccccc1. The average molecular weight is 372 g/mol. The highest BCUT2D eigenvalue weighted by atomic mass is 16.5. The van der Waals surface area contributed by atoms with E-state index in [-0.39, 0.29) is 11.8 Å². The topological polar surface area (TPSA) is 67.4 Å². The molecule has 140 valence electrons. The minimum atomic E-state index is -0.838. The van der Waals surface area contributed by atoms with Crippen molar-refractivity contribution in [2.24, 2.45) is 0 Å². The maximum absolute atomic E-state index is 12.6. The summed E-state index contributed by atoms with van der Waals surface area (Å²) in [5.74, 6) is -0.781. The van der Waals surface area contributed by atoms with Crippen molar-refractivity contribution in [2.45, 2.75) is 18.7 Å². The molecular formula is C23H20N2O3. The molecule has 0 aromatic heterocycles. The summed E-state index contributed by atoms with van der Waals surface area (Å²) in [6.07, 6.45) is -0.583. The highest BCUT2D eigenvalue weighted by molar-refractivity contribution is 6.07. The number of nitrogens with one attached hydrogen (secondary N) is 2. The lowest BCUT2D eigenvalue weighted by atomic mass is 9.94. The van der Waals surface area contributed by atoms with Crippen molar-refractivity contribution in [1.29, 1.82) is 0 Å². The Kier molecular flexibility index (Phi) is 5.06. The zero-order valence-corrected chi connectivity index (χ0v) is 15.2. The fourth-order valence-electron chi connectivity index (χ4n) is 3.25. The molecule has 1 saturated heterocycles. The Morgan fingerprint density at radius 1 is 0.714 bits per heavy atom. The minimum Gasteiger partial charge on any atom is -0.489 e. The second-order valence-electron chi connectivity index (χ2n) is 6.64. The number of hydrogen-bond acceptors (Lipinski definition) is 3. The van der Waals surface area contributed by atoms with Gasteiger partial charge in [0.05, 0.1) is 0 Å².